The Morgan fingerprint density at radius 2 is 0.394 bits per heavy atom. The maximum Gasteiger partial charge on any atom is 1.00 e. The van der Waals surface area contributed by atoms with Crippen molar-refractivity contribution in [2.75, 3.05) is 105 Å². The number of hydrogen-bond donors (Lipinski definition) is 0. The van der Waals surface area contributed by atoms with Crippen molar-refractivity contribution in [2.24, 2.45) is 0 Å². The van der Waals surface area contributed by atoms with Crippen LogP contribution in [0.15, 0.2) is 0 Å². The topological polar surface area (TPSA) is 25.9 Å². The minimum Gasteiger partial charge on any atom is -0.284 e. The van der Waals surface area contributed by atoms with Crippen LogP contribution < -0.4 is 0 Å². The molecule has 9 heteroatoms. The van der Waals surface area contributed by atoms with Crippen LogP contribution in [0, 0.1) is 0 Å². The number of piperazine rings is 4. The second kappa shape index (κ2) is 9.92. The van der Waals surface area contributed by atoms with Crippen LogP contribution >= 0.6 is 0 Å². The molecule has 0 atom stereocenters. The molecule has 0 amide bonds. The third-order valence-electron chi connectivity index (χ3n) is 9.79. The zero-order chi connectivity index (χ0) is 21.1. The number of nitrogens with zero attached hydrogens (tertiary/aromatic N) is 8. The van der Waals surface area contributed by atoms with E-state index in [1.165, 1.54) is 130 Å². The maximum absolute atomic E-state index is 2.74. The third-order valence-corrected chi connectivity index (χ3v) is 9.79. The summed E-state index contributed by atoms with van der Waals surface area (Å²) in [5, 5.41) is 0. The normalized spacial score (nSPS) is 40.7. The van der Waals surface area contributed by atoms with Gasteiger partial charge in [0, 0.05) is 105 Å². The summed E-state index contributed by atoms with van der Waals surface area (Å²) in [5.41, 5.74) is 0. The van der Waals surface area contributed by atoms with Gasteiger partial charge in [-0.25, -0.2) is 0 Å². The van der Waals surface area contributed by atoms with Gasteiger partial charge in [-0.1, -0.05) is 0 Å². The average molecular weight is 508 g/mol. The average Bonchev–Trinajstić information content (AvgIpc) is 2.87. The van der Waals surface area contributed by atoms with Gasteiger partial charge in [-0.15, -0.1) is 0 Å². The van der Waals surface area contributed by atoms with Crippen LogP contribution in [-0.4, -0.2) is 169 Å². The Bertz CT molecular complexity index is 523. The van der Waals surface area contributed by atoms with Gasteiger partial charge >= 0.3 is 17.1 Å². The van der Waals surface area contributed by atoms with E-state index < -0.39 is 0 Å². The Balaban J connectivity index is 0.000000121. The smallest absolute Gasteiger partial charge is 0.284 e. The molecule has 0 saturated carbocycles. The molecule has 8 aliphatic rings. The molecule has 8 nitrogen and oxygen atoms in total. The number of rotatable bonds is 0. The van der Waals surface area contributed by atoms with Crippen LogP contribution in [0.4, 0.5) is 0 Å². The van der Waals surface area contributed by atoms with Crippen molar-refractivity contribution in [1.82, 2.24) is 39.2 Å². The van der Waals surface area contributed by atoms with Crippen LogP contribution in [0.1, 0.15) is 25.7 Å². The molecule has 33 heavy (non-hydrogen) atoms. The van der Waals surface area contributed by atoms with E-state index in [1.54, 1.807) is 0 Å². The zero-order valence-electron chi connectivity index (χ0n) is 20.3. The van der Waals surface area contributed by atoms with Crippen molar-refractivity contribution in [3.63, 3.8) is 0 Å². The summed E-state index contributed by atoms with van der Waals surface area (Å²) in [7, 11) is 0. The van der Waals surface area contributed by atoms with Crippen LogP contribution in [0.3, 0.4) is 0 Å². The molecule has 0 N–H and O–H groups in total. The Kier molecular flexibility index (Phi) is 7.09. The van der Waals surface area contributed by atoms with E-state index in [0.717, 1.165) is 24.7 Å². The van der Waals surface area contributed by atoms with Crippen molar-refractivity contribution in [2.45, 2.75) is 50.3 Å². The first kappa shape index (κ1) is 23.6. The maximum atomic E-state index is 2.74. The van der Waals surface area contributed by atoms with Gasteiger partial charge in [-0.3, -0.25) is 39.2 Å². The summed E-state index contributed by atoms with van der Waals surface area (Å²) < 4.78 is 0. The van der Waals surface area contributed by atoms with E-state index in [-0.39, 0.29) is 17.1 Å². The van der Waals surface area contributed by atoms with E-state index in [1.807, 2.05) is 0 Å². The second-order valence-electron chi connectivity index (χ2n) is 11.4. The van der Waals surface area contributed by atoms with Gasteiger partial charge in [0.05, 0.1) is 24.7 Å². The standard InChI is InChI=1S/2C12H22N4.Cu/c2*1-3-13-7-9-15-5-2-6-16-10-8-14(4-1)11(13)12(15)16;/h2*11-12H,1-10H2;/q;;+1. The summed E-state index contributed by atoms with van der Waals surface area (Å²) >= 11 is 0. The molecule has 0 aromatic carbocycles. The van der Waals surface area contributed by atoms with Gasteiger partial charge in [-0.2, -0.15) is 0 Å². The Labute approximate surface area is 211 Å². The van der Waals surface area contributed by atoms with Gasteiger partial charge in [0.15, 0.2) is 0 Å². The molecular formula is C24H44CuN8+. The molecule has 8 aliphatic heterocycles. The first-order valence-electron chi connectivity index (χ1n) is 13.8. The SMILES string of the molecule is C1CN2CCN3CCCN4CCN(C1)C2C34.C1CN2CCN3CCCN4CCN(C1)C2C34.[Cu+]. The molecule has 190 valence electrons. The first-order chi connectivity index (χ1) is 15.9. The van der Waals surface area contributed by atoms with E-state index in [4.69, 9.17) is 0 Å². The van der Waals surface area contributed by atoms with Crippen molar-refractivity contribution in [3.8, 4) is 0 Å². The Morgan fingerprint density at radius 3 is 0.545 bits per heavy atom. The predicted molar refractivity (Wildman–Crippen MR) is 126 cm³/mol. The van der Waals surface area contributed by atoms with Gasteiger partial charge in [0.25, 0.3) is 0 Å². The van der Waals surface area contributed by atoms with Crippen LogP contribution in [0.2, 0.25) is 0 Å². The summed E-state index contributed by atoms with van der Waals surface area (Å²) in [4.78, 5) is 21.9. The number of hydrogen-bond acceptors (Lipinski definition) is 8. The van der Waals surface area contributed by atoms with Crippen LogP contribution in [0.25, 0.3) is 0 Å². The molecule has 0 aromatic heterocycles. The molecule has 8 saturated heterocycles. The van der Waals surface area contributed by atoms with Crippen LogP contribution in [-0.2, 0) is 17.1 Å². The van der Waals surface area contributed by atoms with Gasteiger partial charge in [0.2, 0.25) is 0 Å². The van der Waals surface area contributed by atoms with E-state index >= 15 is 0 Å². The molecule has 8 fully saturated rings. The Morgan fingerprint density at radius 1 is 0.242 bits per heavy atom. The molecule has 0 aromatic rings. The molecular weight excluding hydrogens is 464 g/mol. The van der Waals surface area contributed by atoms with E-state index in [9.17, 15) is 0 Å². The fourth-order valence-corrected chi connectivity index (χ4v) is 8.38. The monoisotopic (exact) mass is 507 g/mol. The summed E-state index contributed by atoms with van der Waals surface area (Å²) in [5.74, 6) is 0. The van der Waals surface area contributed by atoms with E-state index in [2.05, 4.69) is 39.2 Å². The first-order valence-corrected chi connectivity index (χ1v) is 13.8. The predicted octanol–water partition coefficient (Wildman–Crippen LogP) is -0.640. The fourth-order valence-electron chi connectivity index (χ4n) is 8.38. The quantitative estimate of drug-likeness (QED) is 0.399. The molecule has 8 rings (SSSR count). The molecule has 0 aliphatic carbocycles. The molecule has 0 bridgehead atoms. The van der Waals surface area contributed by atoms with Crippen molar-refractivity contribution in [1.29, 1.82) is 0 Å². The minimum absolute atomic E-state index is 0. The molecule has 8 heterocycles. The summed E-state index contributed by atoms with van der Waals surface area (Å²) in [6.07, 6.45) is 8.39. The third kappa shape index (κ3) is 4.14. The Hall–Kier alpha value is 0.199. The van der Waals surface area contributed by atoms with Crippen LogP contribution in [0.5, 0.6) is 0 Å². The summed E-state index contributed by atoms with van der Waals surface area (Å²) in [6.45, 7) is 21.0. The molecule has 0 unspecified atom stereocenters. The molecule has 0 spiro atoms. The summed E-state index contributed by atoms with van der Waals surface area (Å²) in [6, 6.07) is 0. The fraction of sp³-hybridized carbons (Fsp3) is 1.00. The zero-order valence-corrected chi connectivity index (χ0v) is 21.3. The van der Waals surface area contributed by atoms with E-state index in [0.29, 0.717) is 0 Å². The van der Waals surface area contributed by atoms with Crippen molar-refractivity contribution in [3.05, 3.63) is 0 Å². The van der Waals surface area contributed by atoms with Crippen molar-refractivity contribution < 1.29 is 17.1 Å². The second-order valence-corrected chi connectivity index (χ2v) is 11.4. The van der Waals surface area contributed by atoms with Gasteiger partial charge in [0.1, 0.15) is 0 Å². The molecule has 0 radical (unpaired) electrons. The van der Waals surface area contributed by atoms with Crippen molar-refractivity contribution >= 4 is 0 Å². The van der Waals surface area contributed by atoms with Gasteiger partial charge < -0.3 is 0 Å². The minimum atomic E-state index is 0. The van der Waals surface area contributed by atoms with Gasteiger partial charge in [-0.05, 0) is 25.7 Å². The largest absolute Gasteiger partial charge is 1.00 e.